The smallest absolute Gasteiger partial charge is 0.331 e. The van der Waals surface area contributed by atoms with E-state index in [1.807, 2.05) is 61.5 Å². The van der Waals surface area contributed by atoms with E-state index in [1.54, 1.807) is 6.07 Å². The van der Waals surface area contributed by atoms with Crippen molar-refractivity contribution in [3.8, 4) is 0 Å². The molecule has 0 saturated heterocycles. The summed E-state index contributed by atoms with van der Waals surface area (Å²) in [6.45, 7) is 6.03. The van der Waals surface area contributed by atoms with E-state index < -0.39 is 5.97 Å². The van der Waals surface area contributed by atoms with Gasteiger partial charge in [-0.3, -0.25) is 9.59 Å². The van der Waals surface area contributed by atoms with Gasteiger partial charge in [0.05, 0.1) is 0 Å². The molecule has 0 radical (unpaired) electrons. The number of Topliss-reactive ketones (excluding diaryl/α,β-unsaturated/α-hetero) is 1. The predicted octanol–water partition coefficient (Wildman–Crippen LogP) is 7.74. The first kappa shape index (κ1) is 27.3. The summed E-state index contributed by atoms with van der Waals surface area (Å²) in [6.07, 6.45) is 7.81. The molecule has 6 nitrogen and oxygen atoms in total. The van der Waals surface area contributed by atoms with Crippen LogP contribution in [-0.2, 0) is 16.2 Å². The zero-order chi connectivity index (χ0) is 28.2. The second kappa shape index (κ2) is 11.8. The number of aromatic nitrogens is 1. The number of hydrogen-bond donors (Lipinski definition) is 0. The quantitative estimate of drug-likeness (QED) is 0.0723. The Morgan fingerprint density at radius 3 is 2.27 bits per heavy atom. The maximum Gasteiger partial charge on any atom is 0.331 e. The predicted molar refractivity (Wildman–Crippen MR) is 159 cm³/mol. The fourth-order valence-corrected chi connectivity index (χ4v) is 5.61. The van der Waals surface area contributed by atoms with Gasteiger partial charge < -0.3 is 9.40 Å². The SMILES string of the molecule is CCn1c2ccc(C(=O)C(CCC3=CCCCC3)=NOC(C)=O)cc2c2cc(C(=O)c3ccccc3C)ccc21. The minimum Gasteiger partial charge on any atom is -0.341 e. The molecule has 40 heavy (non-hydrogen) atoms. The number of rotatable bonds is 9. The molecule has 6 heteroatoms. The highest BCUT2D eigenvalue weighted by Gasteiger charge is 2.20. The second-order valence-electron chi connectivity index (χ2n) is 10.4. The van der Waals surface area contributed by atoms with Crippen LogP contribution in [0.15, 0.2) is 77.5 Å². The Morgan fingerprint density at radius 2 is 1.62 bits per heavy atom. The van der Waals surface area contributed by atoms with Gasteiger partial charge in [0, 0.05) is 58.4 Å². The molecular weight excluding hydrogens is 500 g/mol. The molecule has 5 rings (SSSR count). The topological polar surface area (TPSA) is 77.7 Å². The van der Waals surface area contributed by atoms with E-state index in [4.69, 9.17) is 4.84 Å². The number of hydrogen-bond acceptors (Lipinski definition) is 5. The number of aryl methyl sites for hydroxylation is 2. The highest BCUT2D eigenvalue weighted by atomic mass is 16.7. The van der Waals surface area contributed by atoms with Crippen LogP contribution in [-0.4, -0.2) is 27.8 Å². The molecule has 204 valence electrons. The first-order chi connectivity index (χ1) is 19.4. The fourth-order valence-electron chi connectivity index (χ4n) is 5.61. The number of allylic oxidation sites excluding steroid dienone is 2. The zero-order valence-corrected chi connectivity index (χ0v) is 23.3. The lowest BCUT2D eigenvalue weighted by Gasteiger charge is -2.13. The molecular formula is C34H34N2O4. The minimum atomic E-state index is -0.561. The van der Waals surface area contributed by atoms with Crippen LogP contribution >= 0.6 is 0 Å². The summed E-state index contributed by atoms with van der Waals surface area (Å²) in [4.78, 5) is 43.5. The molecule has 0 unspecified atom stereocenters. The van der Waals surface area contributed by atoms with Crippen molar-refractivity contribution in [2.45, 2.75) is 65.8 Å². The molecule has 0 aliphatic heterocycles. The van der Waals surface area contributed by atoms with Crippen LogP contribution in [0.25, 0.3) is 21.8 Å². The van der Waals surface area contributed by atoms with Crippen molar-refractivity contribution < 1.29 is 19.2 Å². The van der Waals surface area contributed by atoms with Crippen molar-refractivity contribution >= 4 is 45.1 Å². The number of oxime groups is 1. The Kier molecular flexibility index (Phi) is 8.06. The Bertz CT molecular complexity index is 1690. The van der Waals surface area contributed by atoms with Gasteiger partial charge in [0.2, 0.25) is 5.78 Å². The number of benzene rings is 3. The summed E-state index contributed by atoms with van der Waals surface area (Å²) in [6, 6.07) is 19.0. The van der Waals surface area contributed by atoms with E-state index in [1.165, 1.54) is 18.9 Å². The summed E-state index contributed by atoms with van der Waals surface area (Å²) >= 11 is 0. The van der Waals surface area contributed by atoms with Crippen molar-refractivity contribution in [1.82, 2.24) is 4.57 Å². The lowest BCUT2D eigenvalue weighted by atomic mass is 9.93. The van der Waals surface area contributed by atoms with E-state index in [0.29, 0.717) is 29.5 Å². The third kappa shape index (κ3) is 5.53. The molecule has 0 saturated carbocycles. The lowest BCUT2D eigenvalue weighted by molar-refractivity contribution is -0.140. The van der Waals surface area contributed by atoms with Crippen LogP contribution < -0.4 is 0 Å². The normalized spacial score (nSPS) is 13.9. The van der Waals surface area contributed by atoms with Crippen LogP contribution in [0.4, 0.5) is 0 Å². The molecule has 3 aromatic carbocycles. The van der Waals surface area contributed by atoms with Crippen LogP contribution in [0, 0.1) is 6.92 Å². The average Bonchev–Trinajstić information content (AvgIpc) is 3.29. The first-order valence-electron chi connectivity index (χ1n) is 14.0. The maximum absolute atomic E-state index is 13.7. The molecule has 0 fully saturated rings. The zero-order valence-electron chi connectivity index (χ0n) is 23.3. The largest absolute Gasteiger partial charge is 0.341 e. The van der Waals surface area contributed by atoms with Gasteiger partial charge in [-0.25, -0.2) is 4.79 Å². The van der Waals surface area contributed by atoms with Crippen molar-refractivity contribution in [3.63, 3.8) is 0 Å². The van der Waals surface area contributed by atoms with Crippen molar-refractivity contribution in [2.24, 2.45) is 5.16 Å². The lowest BCUT2D eigenvalue weighted by Crippen LogP contribution is -2.16. The van der Waals surface area contributed by atoms with Gasteiger partial charge >= 0.3 is 5.97 Å². The molecule has 1 aromatic heterocycles. The molecule has 0 bridgehead atoms. The minimum absolute atomic E-state index is 0.0301. The molecule has 1 aliphatic carbocycles. The van der Waals surface area contributed by atoms with Crippen LogP contribution in [0.5, 0.6) is 0 Å². The molecule has 0 amide bonds. The van der Waals surface area contributed by atoms with Gasteiger partial charge in [0.1, 0.15) is 5.71 Å². The van der Waals surface area contributed by atoms with Gasteiger partial charge in [0.25, 0.3) is 0 Å². The Balaban J connectivity index is 1.54. The summed E-state index contributed by atoms with van der Waals surface area (Å²) in [5, 5.41) is 5.77. The Morgan fingerprint density at radius 1 is 0.925 bits per heavy atom. The third-order valence-electron chi connectivity index (χ3n) is 7.71. The number of carbonyl (C=O) groups excluding carboxylic acids is 3. The molecule has 1 heterocycles. The van der Waals surface area contributed by atoms with Gasteiger partial charge in [0.15, 0.2) is 5.78 Å². The van der Waals surface area contributed by atoms with E-state index in [2.05, 4.69) is 22.7 Å². The second-order valence-corrected chi connectivity index (χ2v) is 10.4. The average molecular weight is 535 g/mol. The highest BCUT2D eigenvalue weighted by molar-refractivity contribution is 6.46. The van der Waals surface area contributed by atoms with Gasteiger partial charge in [-0.15, -0.1) is 0 Å². The van der Waals surface area contributed by atoms with Crippen molar-refractivity contribution in [1.29, 1.82) is 0 Å². The Hall–Kier alpha value is -4.32. The summed E-state index contributed by atoms with van der Waals surface area (Å²) < 4.78 is 2.18. The van der Waals surface area contributed by atoms with Crippen molar-refractivity contribution in [3.05, 3.63) is 94.6 Å². The molecule has 1 aliphatic rings. The third-order valence-corrected chi connectivity index (χ3v) is 7.71. The molecule has 0 spiro atoms. The van der Waals surface area contributed by atoms with Crippen molar-refractivity contribution in [2.75, 3.05) is 0 Å². The van der Waals surface area contributed by atoms with E-state index in [-0.39, 0.29) is 17.3 Å². The number of fused-ring (bicyclic) bond motifs is 3. The van der Waals surface area contributed by atoms with E-state index >= 15 is 0 Å². The van der Waals surface area contributed by atoms with E-state index in [0.717, 1.165) is 53.2 Å². The van der Waals surface area contributed by atoms with Crippen LogP contribution in [0.3, 0.4) is 0 Å². The highest BCUT2D eigenvalue weighted by Crippen LogP contribution is 2.32. The standard InChI is InChI=1S/C34H34N2O4/c1-4-36-31-18-15-25(33(38)27-13-9-8-10-22(27)2)20-28(31)29-21-26(16-19-32(29)36)34(39)30(35-40-23(3)37)17-14-24-11-6-5-7-12-24/h8-11,13,15-16,18-21H,4-7,12,14,17H2,1-3H3. The van der Waals surface area contributed by atoms with Gasteiger partial charge in [-0.05, 0) is 87.9 Å². The summed E-state index contributed by atoms with van der Waals surface area (Å²) in [5.74, 6) is -0.851. The summed E-state index contributed by atoms with van der Waals surface area (Å²) in [5.41, 5.74) is 6.23. The molecule has 0 atom stereocenters. The monoisotopic (exact) mass is 534 g/mol. The first-order valence-corrected chi connectivity index (χ1v) is 14.0. The van der Waals surface area contributed by atoms with Gasteiger partial charge in [-0.2, -0.15) is 0 Å². The summed E-state index contributed by atoms with van der Waals surface area (Å²) in [7, 11) is 0. The fraction of sp³-hybridized carbons (Fsp3) is 0.294. The van der Waals surface area contributed by atoms with Crippen LogP contribution in [0.1, 0.15) is 84.2 Å². The number of ketones is 2. The molecule has 0 N–H and O–H groups in total. The van der Waals surface area contributed by atoms with Crippen LogP contribution in [0.2, 0.25) is 0 Å². The number of nitrogens with zero attached hydrogens (tertiary/aromatic N) is 2. The maximum atomic E-state index is 13.7. The van der Waals surface area contributed by atoms with E-state index in [9.17, 15) is 14.4 Å². The Labute approximate surface area is 234 Å². The molecule has 4 aromatic rings. The van der Waals surface area contributed by atoms with Gasteiger partial charge in [-0.1, -0.05) is 41.1 Å². The number of carbonyl (C=O) groups is 3.